The monoisotopic (exact) mass is 933 g/mol. The number of rotatable bonds is 43. The number of nitrogens with one attached hydrogen (secondary N) is 1. The third-order valence-electron chi connectivity index (χ3n) is 10.0. The fraction of sp³-hybridized carbons (Fsp3) is 0.561. The Morgan fingerprint density at radius 2 is 0.939 bits per heavy atom. The molecular formula is C57H93N2O6P. The second-order valence-corrected chi connectivity index (χ2v) is 18.8. The van der Waals surface area contributed by atoms with Gasteiger partial charge in [0, 0.05) is 6.42 Å². The van der Waals surface area contributed by atoms with Gasteiger partial charge < -0.3 is 28.8 Å². The molecule has 3 atom stereocenters. The number of aliphatic hydroxyl groups is 1. The quantitative estimate of drug-likeness (QED) is 0.0273. The van der Waals surface area contributed by atoms with Crippen molar-refractivity contribution in [2.45, 2.75) is 167 Å². The molecule has 0 heterocycles. The first kappa shape index (κ1) is 62.4. The average Bonchev–Trinajstić information content (AvgIpc) is 3.28. The van der Waals surface area contributed by atoms with Gasteiger partial charge in [0.05, 0.1) is 39.9 Å². The highest BCUT2D eigenvalue weighted by molar-refractivity contribution is 7.45. The number of unbranched alkanes of at least 4 members (excludes halogenated alkanes) is 8. The van der Waals surface area contributed by atoms with E-state index in [0.29, 0.717) is 23.9 Å². The number of quaternary nitrogens is 1. The molecule has 2 N–H and O–H groups in total. The van der Waals surface area contributed by atoms with Crippen LogP contribution in [0.3, 0.4) is 0 Å². The number of carbonyl (C=O) groups is 1. The first-order chi connectivity index (χ1) is 32.0. The summed E-state index contributed by atoms with van der Waals surface area (Å²) in [5.74, 6) is -0.277. The SMILES string of the molecule is CC/C=C\C/C=C\C/C=C\C/C=C\C/C=C\C/C=C\C/C=C\C/C=C\C/C=C\CCCC(=O)NC(COP(=O)([O-])OCC[N+](C)(C)C)C(O)/C=C/CC/C=C/CC/C=C/CCCCCCC. The lowest BCUT2D eigenvalue weighted by Gasteiger charge is -2.29. The first-order valence-electron chi connectivity index (χ1n) is 25.2. The first-order valence-corrected chi connectivity index (χ1v) is 26.7. The molecule has 0 bridgehead atoms. The Hall–Kier alpha value is -3.62. The van der Waals surface area contributed by atoms with Gasteiger partial charge in [-0.15, -0.1) is 0 Å². The van der Waals surface area contributed by atoms with Crippen molar-refractivity contribution in [1.82, 2.24) is 5.32 Å². The molecule has 0 aromatic heterocycles. The van der Waals surface area contributed by atoms with Crippen LogP contribution in [0.5, 0.6) is 0 Å². The fourth-order valence-electron chi connectivity index (χ4n) is 6.06. The molecule has 0 rings (SSSR count). The normalized spacial score (nSPS) is 15.3. The van der Waals surface area contributed by atoms with E-state index in [2.05, 4.69) is 153 Å². The van der Waals surface area contributed by atoms with Crippen molar-refractivity contribution in [1.29, 1.82) is 0 Å². The molecule has 8 nitrogen and oxygen atoms in total. The third-order valence-corrected chi connectivity index (χ3v) is 11.0. The van der Waals surface area contributed by atoms with Gasteiger partial charge >= 0.3 is 0 Å². The van der Waals surface area contributed by atoms with Gasteiger partial charge in [-0.3, -0.25) is 9.36 Å². The van der Waals surface area contributed by atoms with Crippen molar-refractivity contribution in [3.63, 3.8) is 0 Å². The number of amides is 1. The van der Waals surface area contributed by atoms with Crippen LogP contribution in [0, 0.1) is 0 Å². The number of nitrogens with zero attached hydrogens (tertiary/aromatic N) is 1. The fourth-order valence-corrected chi connectivity index (χ4v) is 6.79. The molecule has 0 saturated heterocycles. The Balaban J connectivity index is 4.50. The van der Waals surface area contributed by atoms with Crippen LogP contribution in [0.25, 0.3) is 0 Å². The molecule has 1 amide bonds. The Morgan fingerprint density at radius 3 is 1.39 bits per heavy atom. The third kappa shape index (κ3) is 48.3. The number of phosphoric ester groups is 1. The van der Waals surface area contributed by atoms with Gasteiger partial charge in [-0.25, -0.2) is 0 Å². The van der Waals surface area contributed by atoms with E-state index in [1.165, 1.54) is 32.1 Å². The van der Waals surface area contributed by atoms with Crippen molar-refractivity contribution in [3.8, 4) is 0 Å². The van der Waals surface area contributed by atoms with Crippen LogP contribution in [-0.2, 0) is 18.4 Å². The highest BCUT2D eigenvalue weighted by Gasteiger charge is 2.23. The molecule has 0 aromatic carbocycles. The van der Waals surface area contributed by atoms with Crippen LogP contribution in [0.2, 0.25) is 0 Å². The van der Waals surface area contributed by atoms with Crippen molar-refractivity contribution in [2.24, 2.45) is 0 Å². The zero-order chi connectivity index (χ0) is 48.5. The van der Waals surface area contributed by atoms with Gasteiger partial charge in [0.15, 0.2) is 0 Å². The molecule has 0 fully saturated rings. The minimum absolute atomic E-state index is 0.0290. The van der Waals surface area contributed by atoms with Crippen molar-refractivity contribution in [3.05, 3.63) is 146 Å². The minimum Gasteiger partial charge on any atom is -0.756 e. The Morgan fingerprint density at radius 1 is 0.545 bits per heavy atom. The smallest absolute Gasteiger partial charge is 0.268 e. The Labute approximate surface area is 404 Å². The number of hydrogen-bond donors (Lipinski definition) is 2. The van der Waals surface area contributed by atoms with E-state index in [1.807, 2.05) is 27.2 Å². The van der Waals surface area contributed by atoms with Gasteiger partial charge in [0.25, 0.3) is 7.82 Å². The molecule has 372 valence electrons. The molecule has 0 aliphatic rings. The predicted octanol–water partition coefficient (Wildman–Crippen LogP) is 14.3. The summed E-state index contributed by atoms with van der Waals surface area (Å²) in [7, 11) is 1.17. The van der Waals surface area contributed by atoms with Crippen molar-refractivity contribution in [2.75, 3.05) is 40.9 Å². The Bertz CT molecular complexity index is 1570. The van der Waals surface area contributed by atoms with E-state index < -0.39 is 26.6 Å². The predicted molar refractivity (Wildman–Crippen MR) is 283 cm³/mol. The zero-order valence-electron chi connectivity index (χ0n) is 42.1. The number of allylic oxidation sites excluding steroid dienone is 23. The summed E-state index contributed by atoms with van der Waals surface area (Å²) in [6, 6.07) is -0.952. The molecule has 0 aliphatic carbocycles. The molecule has 9 heteroatoms. The van der Waals surface area contributed by atoms with Crippen LogP contribution in [0.4, 0.5) is 0 Å². The molecule has 0 spiro atoms. The second kappa shape index (κ2) is 46.5. The van der Waals surface area contributed by atoms with Crippen LogP contribution in [-0.4, -0.2) is 68.5 Å². The lowest BCUT2D eigenvalue weighted by atomic mass is 10.1. The van der Waals surface area contributed by atoms with Crippen LogP contribution in [0.15, 0.2) is 146 Å². The van der Waals surface area contributed by atoms with E-state index >= 15 is 0 Å². The van der Waals surface area contributed by atoms with E-state index in [1.54, 1.807) is 6.08 Å². The average molecular weight is 933 g/mol. The van der Waals surface area contributed by atoms with Crippen LogP contribution >= 0.6 is 7.82 Å². The molecule has 3 unspecified atom stereocenters. The topological polar surface area (TPSA) is 108 Å². The summed E-state index contributed by atoms with van der Waals surface area (Å²) < 4.78 is 23.2. The van der Waals surface area contributed by atoms with E-state index in [4.69, 9.17) is 9.05 Å². The molecule has 0 aromatic rings. The lowest BCUT2D eigenvalue weighted by Crippen LogP contribution is -2.45. The molecule has 0 aliphatic heterocycles. The minimum atomic E-state index is -4.63. The summed E-state index contributed by atoms with van der Waals surface area (Å²) in [6.07, 6.45) is 72.0. The molecule has 0 radical (unpaired) electrons. The largest absolute Gasteiger partial charge is 0.756 e. The van der Waals surface area contributed by atoms with Gasteiger partial charge in [0.1, 0.15) is 13.2 Å². The van der Waals surface area contributed by atoms with Gasteiger partial charge in [0.2, 0.25) is 5.91 Å². The number of aliphatic hydroxyl groups excluding tert-OH is 1. The summed E-state index contributed by atoms with van der Waals surface area (Å²) in [6.45, 7) is 4.40. The standard InChI is InChI=1S/C57H93N2O6P/c1-6-8-10-12-14-16-18-20-22-23-24-25-26-27-28-29-30-31-32-33-34-35-37-39-41-43-45-47-49-51-57(61)58-55(54-65-66(62,63)64-53-52-59(3,4)5)56(60)50-48-46-44-42-40-38-36-21-19-17-15-13-11-9-7-2/h8,10,14,16,19-22,24-25,27-28,30-31,33-34,37,39-40,42-43,45,48,50,55-56,60H,6-7,9,11-13,15,17-18,23,26,29,32,35-36,38,41,44,46-47,49,51-54H2,1-5H3,(H-,58,61,62,63)/b10-8-,16-14-,21-19+,22-20-,25-24-,28-27-,31-30-,34-33-,39-37-,42-40+,45-43-,50-48+. The molecular weight excluding hydrogens is 840 g/mol. The highest BCUT2D eigenvalue weighted by atomic mass is 31.2. The lowest BCUT2D eigenvalue weighted by molar-refractivity contribution is -0.870. The summed E-state index contributed by atoms with van der Waals surface area (Å²) in [4.78, 5) is 25.4. The maximum absolute atomic E-state index is 12.9. The van der Waals surface area contributed by atoms with Gasteiger partial charge in [-0.2, -0.15) is 0 Å². The van der Waals surface area contributed by atoms with E-state index in [-0.39, 0.29) is 18.9 Å². The van der Waals surface area contributed by atoms with E-state index in [9.17, 15) is 19.4 Å². The van der Waals surface area contributed by atoms with Crippen LogP contribution in [0.1, 0.15) is 155 Å². The van der Waals surface area contributed by atoms with Gasteiger partial charge in [-0.05, 0) is 109 Å². The van der Waals surface area contributed by atoms with Gasteiger partial charge in [-0.1, -0.05) is 185 Å². The summed E-state index contributed by atoms with van der Waals surface area (Å²) in [5.41, 5.74) is 0. The second-order valence-electron chi connectivity index (χ2n) is 17.4. The van der Waals surface area contributed by atoms with Crippen LogP contribution < -0.4 is 10.2 Å². The van der Waals surface area contributed by atoms with Crippen molar-refractivity contribution >= 4 is 13.7 Å². The molecule has 66 heavy (non-hydrogen) atoms. The number of likely N-dealkylation sites (N-methyl/N-ethyl adjacent to an activating group) is 1. The van der Waals surface area contributed by atoms with E-state index in [0.717, 1.165) is 89.9 Å². The number of phosphoric acid groups is 1. The maximum Gasteiger partial charge on any atom is 0.268 e. The number of hydrogen-bond acceptors (Lipinski definition) is 6. The summed E-state index contributed by atoms with van der Waals surface area (Å²) in [5, 5.41) is 13.7. The zero-order valence-corrected chi connectivity index (χ0v) is 43.0. The highest BCUT2D eigenvalue weighted by Crippen LogP contribution is 2.38. The Kier molecular flexibility index (Phi) is 43.9. The maximum atomic E-state index is 12.9. The molecule has 0 saturated carbocycles. The summed E-state index contributed by atoms with van der Waals surface area (Å²) >= 11 is 0. The number of carbonyl (C=O) groups excluding carboxylic acids is 1. The van der Waals surface area contributed by atoms with Crippen molar-refractivity contribution < 1.29 is 32.9 Å².